The Bertz CT molecular complexity index is 1400. The highest BCUT2D eigenvalue weighted by atomic mass is 32.2. The largest absolute Gasteiger partial charge is 0.534 e. The van der Waals surface area contributed by atoms with Crippen molar-refractivity contribution < 1.29 is 45.8 Å². The van der Waals surface area contributed by atoms with Crippen LogP contribution < -0.4 is 4.18 Å². The topological polar surface area (TPSA) is 102 Å². The van der Waals surface area contributed by atoms with E-state index < -0.39 is 43.4 Å². The first-order valence-corrected chi connectivity index (χ1v) is 17.2. The predicted octanol–water partition coefficient (Wildman–Crippen LogP) is 6.08. The van der Waals surface area contributed by atoms with E-state index in [1.54, 1.807) is 6.07 Å². The summed E-state index contributed by atoms with van der Waals surface area (Å²) in [5.74, 6) is 0.249. The van der Waals surface area contributed by atoms with Gasteiger partial charge in [0.05, 0.1) is 23.1 Å². The first-order valence-electron chi connectivity index (χ1n) is 15.0. The summed E-state index contributed by atoms with van der Waals surface area (Å²) < 4.78 is 67.0. The molecule has 1 unspecified atom stereocenters. The minimum Gasteiger partial charge on any atom is -0.393 e. The molecule has 1 aromatic rings. The number of alkyl halides is 3. The Balaban J connectivity index is 1.34. The molecule has 0 bridgehead atoms. The molecular weight excluding hydrogens is 593 g/mol. The number of aliphatic hydroxyl groups is 2. The monoisotopic (exact) mass is 632 g/mol. The van der Waals surface area contributed by atoms with Crippen molar-refractivity contribution in [3.63, 3.8) is 0 Å². The maximum Gasteiger partial charge on any atom is 0.534 e. The summed E-state index contributed by atoms with van der Waals surface area (Å²) in [6.07, 6.45) is 5.75. The summed E-state index contributed by atoms with van der Waals surface area (Å²) >= 11 is 1.49. The molecule has 9 atom stereocenters. The van der Waals surface area contributed by atoms with Crippen LogP contribution in [-0.2, 0) is 19.9 Å². The van der Waals surface area contributed by atoms with Crippen LogP contribution in [0.4, 0.5) is 13.2 Å². The van der Waals surface area contributed by atoms with Crippen molar-refractivity contribution in [1.82, 2.24) is 0 Å². The van der Waals surface area contributed by atoms with Crippen molar-refractivity contribution in [2.24, 2.45) is 28.6 Å². The summed E-state index contributed by atoms with van der Waals surface area (Å²) in [6, 6.07) is 4.39. The highest BCUT2D eigenvalue weighted by Gasteiger charge is 2.72. The Labute approximate surface area is 248 Å². The van der Waals surface area contributed by atoms with E-state index in [9.17, 15) is 31.8 Å². The molecule has 5 fully saturated rings. The van der Waals surface area contributed by atoms with Crippen LogP contribution >= 0.6 is 11.8 Å². The normalized spacial score (nSPS) is 45.9. The van der Waals surface area contributed by atoms with Gasteiger partial charge in [-0.2, -0.15) is 21.6 Å². The molecule has 1 saturated heterocycles. The van der Waals surface area contributed by atoms with Gasteiger partial charge in [-0.1, -0.05) is 26.8 Å². The molecule has 2 aliphatic heterocycles. The second-order valence-electron chi connectivity index (χ2n) is 15.0. The number of benzene rings is 1. The summed E-state index contributed by atoms with van der Waals surface area (Å²) in [4.78, 5) is 12.3. The lowest BCUT2D eigenvalue weighted by Crippen LogP contribution is -2.71. The average Bonchev–Trinajstić information content (AvgIpc) is 3.16. The van der Waals surface area contributed by atoms with Gasteiger partial charge in [0.1, 0.15) is 11.4 Å². The molecule has 234 valence electrons. The van der Waals surface area contributed by atoms with Crippen LogP contribution in [0, 0.1) is 28.6 Å². The number of rotatable bonds is 2. The van der Waals surface area contributed by atoms with Gasteiger partial charge in [-0.25, -0.2) is 9.78 Å². The Hall–Kier alpha value is -1.05. The van der Waals surface area contributed by atoms with Gasteiger partial charge in [0.25, 0.3) is 0 Å². The van der Waals surface area contributed by atoms with Crippen molar-refractivity contribution >= 4 is 21.9 Å². The number of hydrogen-bond donors (Lipinski definition) is 2. The maximum absolute atomic E-state index is 13.2. The number of halogens is 3. The lowest BCUT2D eigenvalue weighted by Gasteiger charge is -2.69. The van der Waals surface area contributed by atoms with Gasteiger partial charge in [0, 0.05) is 11.3 Å². The zero-order valence-electron chi connectivity index (χ0n) is 24.1. The molecule has 0 amide bonds. The van der Waals surface area contributed by atoms with E-state index in [0.717, 1.165) is 31.2 Å². The van der Waals surface area contributed by atoms with E-state index in [4.69, 9.17) is 9.78 Å². The van der Waals surface area contributed by atoms with E-state index in [0.29, 0.717) is 49.5 Å². The number of thioether (sulfide) groups is 1. The number of aliphatic hydroxyl groups excluding tert-OH is 1. The van der Waals surface area contributed by atoms with E-state index >= 15 is 0 Å². The van der Waals surface area contributed by atoms with Crippen LogP contribution in [0.15, 0.2) is 23.1 Å². The van der Waals surface area contributed by atoms with Crippen molar-refractivity contribution in [2.45, 2.75) is 117 Å². The zero-order chi connectivity index (χ0) is 30.1. The fraction of sp³-hybridized carbons (Fsp3) is 0.800. The van der Waals surface area contributed by atoms with Gasteiger partial charge in [0.15, 0.2) is 0 Å². The number of hydrogen-bond acceptors (Lipinski definition) is 8. The summed E-state index contributed by atoms with van der Waals surface area (Å²) in [6.45, 7) is 6.90. The molecule has 12 heteroatoms. The molecule has 2 N–H and O–H groups in total. The third-order valence-corrected chi connectivity index (χ3v) is 14.6. The summed E-state index contributed by atoms with van der Waals surface area (Å²) in [5.41, 5.74) is -6.81. The summed E-state index contributed by atoms with van der Waals surface area (Å²) in [7, 11) is -5.84. The standard InChI is InChI=1S/C30H39F3O7S2/c1-25(2)14-27(40-38-16-25)10-11-29-24-19(8-9-28(29,35)15-27)21-6-7-23(34)26(21,3)13-20(24)18-5-4-17(12-22(18)41-29)39-42(36,37)30(31,32)33/h4-5,12,19-21,23-24,34-35H,6-11,13-16H2,1-3H3/t19-,20+,21-,23-,24+,26-,27?,28+,29-/m0/s1. The first-order chi connectivity index (χ1) is 19.4. The van der Waals surface area contributed by atoms with Crippen molar-refractivity contribution in [1.29, 1.82) is 0 Å². The van der Waals surface area contributed by atoms with E-state index in [1.807, 2.05) is 0 Å². The first kappa shape index (κ1) is 29.6. The van der Waals surface area contributed by atoms with Gasteiger partial charge in [-0.05, 0) is 104 Å². The lowest BCUT2D eigenvalue weighted by molar-refractivity contribution is -0.419. The van der Waals surface area contributed by atoms with Gasteiger partial charge in [0.2, 0.25) is 0 Å². The third kappa shape index (κ3) is 4.10. The van der Waals surface area contributed by atoms with Gasteiger partial charge >= 0.3 is 15.6 Å². The summed E-state index contributed by atoms with van der Waals surface area (Å²) in [5, 5.41) is 24.0. The molecule has 7 nitrogen and oxygen atoms in total. The van der Waals surface area contributed by atoms with Crippen LogP contribution in [0.25, 0.3) is 0 Å². The van der Waals surface area contributed by atoms with E-state index in [2.05, 4.69) is 25.0 Å². The molecule has 4 saturated carbocycles. The zero-order valence-corrected chi connectivity index (χ0v) is 25.7. The second kappa shape index (κ2) is 9.02. The molecule has 2 heterocycles. The van der Waals surface area contributed by atoms with Crippen molar-refractivity contribution in [3.05, 3.63) is 23.8 Å². The molecule has 0 aromatic heterocycles. The SMILES string of the molecule is CC1(C)COOC2(CC[C@@]34Sc5cc(OS(=O)(=O)C(F)(F)F)ccc5[C@H]5C[C@]6(C)[C@@H](O)CC[C@H]6[C@H](CC[C@@]3(O)C2)[C@H]54)C1. The molecule has 1 aromatic carbocycles. The van der Waals surface area contributed by atoms with E-state index in [1.165, 1.54) is 23.9 Å². The molecule has 6 aliphatic rings. The predicted molar refractivity (Wildman–Crippen MR) is 148 cm³/mol. The fourth-order valence-electron chi connectivity index (χ4n) is 10.4. The highest BCUT2D eigenvalue weighted by Crippen LogP contribution is 2.75. The van der Waals surface area contributed by atoms with Gasteiger partial charge in [-0.15, -0.1) is 11.8 Å². The fourth-order valence-corrected chi connectivity index (χ4v) is 12.8. The quantitative estimate of drug-likeness (QED) is 0.230. The third-order valence-electron chi connectivity index (χ3n) is 11.9. The minimum atomic E-state index is -5.84. The van der Waals surface area contributed by atoms with Crippen LogP contribution in [0.2, 0.25) is 0 Å². The smallest absolute Gasteiger partial charge is 0.393 e. The Kier molecular flexibility index (Phi) is 6.37. The van der Waals surface area contributed by atoms with Crippen LogP contribution in [-0.4, -0.2) is 52.8 Å². The molecule has 42 heavy (non-hydrogen) atoms. The minimum absolute atomic E-state index is 0.0469. The molecular formula is C30H39F3O7S2. The van der Waals surface area contributed by atoms with Crippen LogP contribution in [0.1, 0.15) is 90.0 Å². The Morgan fingerprint density at radius 3 is 2.55 bits per heavy atom. The maximum atomic E-state index is 13.2. The number of fused-ring (bicyclic) bond motifs is 4. The second-order valence-corrected chi connectivity index (χ2v) is 17.9. The Morgan fingerprint density at radius 1 is 1.07 bits per heavy atom. The molecule has 7 rings (SSSR count). The van der Waals surface area contributed by atoms with Crippen molar-refractivity contribution in [2.75, 3.05) is 6.61 Å². The molecule has 2 spiro atoms. The van der Waals surface area contributed by atoms with E-state index in [-0.39, 0.29) is 28.6 Å². The van der Waals surface area contributed by atoms with Crippen molar-refractivity contribution in [3.8, 4) is 5.75 Å². The molecule has 0 radical (unpaired) electrons. The van der Waals surface area contributed by atoms with Crippen LogP contribution in [0.5, 0.6) is 5.75 Å². The highest BCUT2D eigenvalue weighted by molar-refractivity contribution is 8.01. The van der Waals surface area contributed by atoms with Gasteiger partial charge in [-0.3, -0.25) is 0 Å². The molecule has 4 aliphatic carbocycles. The average molecular weight is 633 g/mol. The van der Waals surface area contributed by atoms with Gasteiger partial charge < -0.3 is 14.4 Å². The van der Waals surface area contributed by atoms with Crippen LogP contribution in [0.3, 0.4) is 0 Å². The lowest BCUT2D eigenvalue weighted by atomic mass is 9.44. The Morgan fingerprint density at radius 2 is 1.83 bits per heavy atom.